The Morgan fingerprint density at radius 2 is 1.81 bits per heavy atom. The Kier molecular flexibility index (Phi) is 7.25. The zero-order valence-corrected chi connectivity index (χ0v) is 18.2. The van der Waals surface area contributed by atoms with Crippen molar-refractivity contribution in [2.75, 3.05) is 25.4 Å². The summed E-state index contributed by atoms with van der Waals surface area (Å²) in [5.74, 6) is 0.332. The van der Waals surface area contributed by atoms with E-state index in [2.05, 4.69) is 5.32 Å². The van der Waals surface area contributed by atoms with Crippen LogP contribution in [0.5, 0.6) is 0 Å². The maximum Gasteiger partial charge on any atom is 0.254 e. The molecule has 0 aromatic heterocycles. The molecule has 2 heterocycles. The number of carbonyl (C=O) groups is 2. The Labute approximate surface area is 186 Å². The van der Waals surface area contributed by atoms with Crippen LogP contribution in [0.15, 0.2) is 53.4 Å². The van der Waals surface area contributed by atoms with E-state index in [1.54, 1.807) is 11.8 Å². The fraction of sp³-hybridized carbons (Fsp3) is 0.417. The summed E-state index contributed by atoms with van der Waals surface area (Å²) >= 11 is 1.69. The molecule has 0 aliphatic carbocycles. The second kappa shape index (κ2) is 10.3. The number of rotatable bonds is 6. The molecule has 2 aliphatic heterocycles. The molecule has 31 heavy (non-hydrogen) atoms. The van der Waals surface area contributed by atoms with Crippen LogP contribution >= 0.6 is 11.8 Å². The van der Waals surface area contributed by atoms with Crippen LogP contribution in [0.2, 0.25) is 0 Å². The maximum absolute atomic E-state index is 13.2. The minimum absolute atomic E-state index is 0.00531. The van der Waals surface area contributed by atoms with E-state index in [1.165, 1.54) is 24.3 Å². The van der Waals surface area contributed by atoms with Crippen molar-refractivity contribution >= 4 is 23.6 Å². The fourth-order valence-corrected chi connectivity index (χ4v) is 5.11. The molecule has 7 heteroatoms. The summed E-state index contributed by atoms with van der Waals surface area (Å²) in [4.78, 5) is 28.4. The highest BCUT2D eigenvalue weighted by Crippen LogP contribution is 2.28. The largest absolute Gasteiger partial charge is 0.377 e. The number of thioether (sulfide) groups is 1. The molecule has 2 fully saturated rings. The first kappa shape index (κ1) is 21.8. The quantitative estimate of drug-likeness (QED) is 0.684. The lowest BCUT2D eigenvalue weighted by Crippen LogP contribution is -2.46. The third-order valence-electron chi connectivity index (χ3n) is 5.79. The van der Waals surface area contributed by atoms with Gasteiger partial charge in [0.05, 0.1) is 11.7 Å². The smallest absolute Gasteiger partial charge is 0.254 e. The number of ether oxygens (including phenoxy) is 1. The number of amides is 2. The van der Waals surface area contributed by atoms with E-state index in [-0.39, 0.29) is 29.8 Å². The normalized spacial score (nSPS) is 19.4. The highest BCUT2D eigenvalue weighted by Gasteiger charge is 2.26. The van der Waals surface area contributed by atoms with Gasteiger partial charge >= 0.3 is 0 Å². The molecule has 0 spiro atoms. The van der Waals surface area contributed by atoms with Gasteiger partial charge < -0.3 is 15.0 Å². The van der Waals surface area contributed by atoms with Gasteiger partial charge in [-0.2, -0.15) is 0 Å². The van der Waals surface area contributed by atoms with Gasteiger partial charge in [0.1, 0.15) is 5.82 Å². The van der Waals surface area contributed by atoms with E-state index in [1.807, 2.05) is 29.2 Å². The van der Waals surface area contributed by atoms with Crippen molar-refractivity contribution in [1.82, 2.24) is 10.2 Å². The van der Waals surface area contributed by atoms with Crippen LogP contribution in [0.3, 0.4) is 0 Å². The predicted octanol–water partition coefficient (Wildman–Crippen LogP) is 4.13. The van der Waals surface area contributed by atoms with Crippen LogP contribution in [0, 0.1) is 5.82 Å². The third kappa shape index (κ3) is 5.66. The Morgan fingerprint density at radius 1 is 1.06 bits per heavy atom. The van der Waals surface area contributed by atoms with E-state index < -0.39 is 0 Å². The van der Waals surface area contributed by atoms with Crippen molar-refractivity contribution in [1.29, 1.82) is 0 Å². The van der Waals surface area contributed by atoms with Gasteiger partial charge in [0.15, 0.2) is 0 Å². The van der Waals surface area contributed by atoms with Gasteiger partial charge in [-0.15, -0.1) is 11.8 Å². The summed E-state index contributed by atoms with van der Waals surface area (Å²) in [6, 6.07) is 13.3. The van der Waals surface area contributed by atoms with Crippen LogP contribution in [-0.4, -0.2) is 54.3 Å². The number of halogens is 1. The van der Waals surface area contributed by atoms with Gasteiger partial charge in [0.2, 0.25) is 0 Å². The lowest BCUT2D eigenvalue weighted by Gasteiger charge is -2.33. The minimum Gasteiger partial charge on any atom is -0.377 e. The molecular weight excluding hydrogens is 415 g/mol. The number of carbonyl (C=O) groups excluding carboxylic acids is 2. The van der Waals surface area contributed by atoms with Crippen molar-refractivity contribution in [2.24, 2.45) is 0 Å². The highest BCUT2D eigenvalue weighted by molar-refractivity contribution is 7.99. The molecule has 1 N–H and O–H groups in total. The molecule has 2 amide bonds. The molecule has 0 saturated carbocycles. The standard InChI is InChI=1S/C24H27FN2O3S/c25-18-9-7-17(8-10-18)23(28)26-19-11-13-27(14-12-19)24(29)21-5-1-2-6-22(21)31-16-20-4-3-15-30-20/h1-2,5-10,19-20H,3-4,11-16H2,(H,26,28). The number of likely N-dealkylation sites (tertiary alicyclic amines) is 1. The second-order valence-corrected chi connectivity index (χ2v) is 9.05. The van der Waals surface area contributed by atoms with E-state index in [9.17, 15) is 14.0 Å². The van der Waals surface area contributed by atoms with Gasteiger partial charge in [-0.25, -0.2) is 4.39 Å². The second-order valence-electron chi connectivity index (χ2n) is 7.99. The molecule has 1 atom stereocenters. The molecule has 2 aromatic carbocycles. The monoisotopic (exact) mass is 442 g/mol. The van der Waals surface area contributed by atoms with E-state index >= 15 is 0 Å². The highest BCUT2D eigenvalue weighted by atomic mass is 32.2. The van der Waals surface area contributed by atoms with Gasteiger partial charge in [0, 0.05) is 42.0 Å². The maximum atomic E-state index is 13.2. The van der Waals surface area contributed by atoms with Gasteiger partial charge in [0.25, 0.3) is 11.8 Å². The first-order valence-electron chi connectivity index (χ1n) is 10.8. The van der Waals surface area contributed by atoms with E-state index in [0.29, 0.717) is 31.5 Å². The van der Waals surface area contributed by atoms with Crippen LogP contribution in [0.1, 0.15) is 46.4 Å². The summed E-state index contributed by atoms with van der Waals surface area (Å²) in [7, 11) is 0. The lowest BCUT2D eigenvalue weighted by atomic mass is 10.0. The van der Waals surface area contributed by atoms with Crippen LogP contribution < -0.4 is 5.32 Å². The number of piperidine rings is 1. The first-order chi connectivity index (χ1) is 15.1. The lowest BCUT2D eigenvalue weighted by molar-refractivity contribution is 0.0694. The summed E-state index contributed by atoms with van der Waals surface area (Å²) < 4.78 is 18.7. The molecule has 4 rings (SSSR count). The first-order valence-corrected chi connectivity index (χ1v) is 11.8. The van der Waals surface area contributed by atoms with Gasteiger partial charge in [-0.1, -0.05) is 12.1 Å². The topological polar surface area (TPSA) is 58.6 Å². The molecule has 2 aliphatic rings. The number of benzene rings is 2. The SMILES string of the molecule is O=C(NC1CCN(C(=O)c2ccccc2SCC2CCCO2)CC1)c1ccc(F)cc1. The Hall–Kier alpha value is -2.38. The fourth-order valence-electron chi connectivity index (χ4n) is 3.99. The average molecular weight is 443 g/mol. The average Bonchev–Trinajstić information content (AvgIpc) is 3.32. The molecular formula is C24H27FN2O3S. The summed E-state index contributed by atoms with van der Waals surface area (Å²) in [6.45, 7) is 2.02. The number of nitrogens with zero attached hydrogens (tertiary/aromatic N) is 1. The Bertz CT molecular complexity index is 907. The zero-order valence-electron chi connectivity index (χ0n) is 17.4. The molecule has 0 bridgehead atoms. The van der Waals surface area contributed by atoms with Gasteiger partial charge in [-0.3, -0.25) is 9.59 Å². The van der Waals surface area contributed by atoms with Crippen LogP contribution in [0.4, 0.5) is 4.39 Å². The molecule has 2 saturated heterocycles. The van der Waals surface area contributed by atoms with E-state index in [4.69, 9.17) is 4.74 Å². The Morgan fingerprint density at radius 3 is 2.52 bits per heavy atom. The summed E-state index contributed by atoms with van der Waals surface area (Å²) in [6.07, 6.45) is 3.86. The number of nitrogens with one attached hydrogen (secondary N) is 1. The van der Waals surface area contributed by atoms with Crippen molar-refractivity contribution in [3.8, 4) is 0 Å². The van der Waals surface area contributed by atoms with Gasteiger partial charge in [-0.05, 0) is 62.1 Å². The Balaban J connectivity index is 1.31. The van der Waals surface area contributed by atoms with Crippen molar-refractivity contribution in [2.45, 2.75) is 42.7 Å². The van der Waals surface area contributed by atoms with E-state index in [0.717, 1.165) is 35.7 Å². The molecule has 2 aromatic rings. The van der Waals surface area contributed by atoms with Crippen molar-refractivity contribution < 1.29 is 18.7 Å². The summed E-state index contributed by atoms with van der Waals surface area (Å²) in [5.41, 5.74) is 1.18. The van der Waals surface area contributed by atoms with Crippen LogP contribution in [0.25, 0.3) is 0 Å². The molecule has 5 nitrogen and oxygen atoms in total. The molecule has 164 valence electrons. The molecule has 1 unspecified atom stereocenters. The number of hydrogen-bond donors (Lipinski definition) is 1. The molecule has 0 radical (unpaired) electrons. The number of hydrogen-bond acceptors (Lipinski definition) is 4. The van der Waals surface area contributed by atoms with Crippen molar-refractivity contribution in [3.05, 3.63) is 65.5 Å². The minimum atomic E-state index is -0.363. The van der Waals surface area contributed by atoms with Crippen molar-refractivity contribution in [3.63, 3.8) is 0 Å². The zero-order chi connectivity index (χ0) is 21.6. The third-order valence-corrected chi connectivity index (χ3v) is 7.00. The summed E-state index contributed by atoms with van der Waals surface area (Å²) in [5, 5.41) is 3.00. The predicted molar refractivity (Wildman–Crippen MR) is 119 cm³/mol. The van der Waals surface area contributed by atoms with Crippen LogP contribution in [-0.2, 0) is 4.74 Å².